The summed E-state index contributed by atoms with van der Waals surface area (Å²) in [6.07, 6.45) is 0. The molecule has 0 radical (unpaired) electrons. The van der Waals surface area contributed by atoms with Crippen molar-refractivity contribution >= 4 is 17.7 Å². The first-order valence-electron chi connectivity index (χ1n) is 8.92. The fraction of sp³-hybridized carbons (Fsp3) is 0.286. The van der Waals surface area contributed by atoms with Crippen LogP contribution in [0.5, 0.6) is 0 Å². The zero-order chi connectivity index (χ0) is 19.7. The number of carbonyl (C=O) groups is 2. The number of hydrogen-bond acceptors (Lipinski definition) is 6. The second-order valence-corrected chi connectivity index (χ2v) is 7.22. The first kappa shape index (κ1) is 17.1. The molecule has 142 valence electrons. The summed E-state index contributed by atoms with van der Waals surface area (Å²) in [4.78, 5) is 31.8. The molecule has 1 fully saturated rings. The monoisotopic (exact) mass is 378 g/mol. The Hall–Kier alpha value is -3.03. The number of imide groups is 1. The highest BCUT2D eigenvalue weighted by Gasteiger charge is 2.86. The second-order valence-electron chi connectivity index (χ2n) is 7.22. The fourth-order valence-electron chi connectivity index (χ4n) is 4.35. The van der Waals surface area contributed by atoms with E-state index < -0.39 is 23.0 Å². The lowest BCUT2D eigenvalue weighted by Gasteiger charge is -2.61. The molecule has 0 saturated carbocycles. The van der Waals surface area contributed by atoms with Crippen LogP contribution in [0.3, 0.4) is 0 Å². The number of likely N-dealkylation sites (N-methyl/N-ethyl adjacent to an activating group) is 1. The molecule has 0 N–H and O–H groups in total. The molecule has 3 aliphatic heterocycles. The van der Waals surface area contributed by atoms with E-state index in [0.29, 0.717) is 17.0 Å². The normalized spacial score (nSPS) is 33.1. The van der Waals surface area contributed by atoms with E-state index in [1.54, 1.807) is 31.2 Å². The van der Waals surface area contributed by atoms with Crippen molar-refractivity contribution in [2.24, 2.45) is 4.99 Å². The molecule has 0 aliphatic carbocycles. The molecular formula is C21H18N2O5. The Morgan fingerprint density at radius 1 is 1.04 bits per heavy atom. The van der Waals surface area contributed by atoms with Gasteiger partial charge in [-0.05, 0) is 25.1 Å². The lowest BCUT2D eigenvalue weighted by Crippen LogP contribution is -2.82. The first-order valence-corrected chi connectivity index (χ1v) is 8.92. The van der Waals surface area contributed by atoms with E-state index in [9.17, 15) is 9.59 Å². The van der Waals surface area contributed by atoms with Gasteiger partial charge in [0.1, 0.15) is 0 Å². The highest BCUT2D eigenvalue weighted by atomic mass is 16.9. The number of fused-ring (bicyclic) bond motifs is 4. The maximum atomic E-state index is 13.4. The summed E-state index contributed by atoms with van der Waals surface area (Å²) < 4.78 is 17.7. The Kier molecular flexibility index (Phi) is 3.22. The van der Waals surface area contributed by atoms with Crippen molar-refractivity contribution in [3.05, 3.63) is 71.3 Å². The lowest BCUT2D eigenvalue weighted by molar-refractivity contribution is -0.485. The molecule has 7 nitrogen and oxygen atoms in total. The van der Waals surface area contributed by atoms with Crippen molar-refractivity contribution in [3.63, 3.8) is 0 Å². The van der Waals surface area contributed by atoms with Crippen LogP contribution in [0.2, 0.25) is 0 Å². The Morgan fingerprint density at radius 3 is 2.43 bits per heavy atom. The molecule has 2 aromatic rings. The summed E-state index contributed by atoms with van der Waals surface area (Å²) in [7, 11) is 2.89. The zero-order valence-electron chi connectivity index (χ0n) is 15.6. The summed E-state index contributed by atoms with van der Waals surface area (Å²) in [6.45, 7) is 1.76. The highest BCUT2D eigenvalue weighted by Crippen LogP contribution is 2.64. The van der Waals surface area contributed by atoms with Crippen molar-refractivity contribution < 1.29 is 23.8 Å². The molecule has 3 atom stereocenters. The topological polar surface area (TPSA) is 77.4 Å². The molecular weight excluding hydrogens is 360 g/mol. The van der Waals surface area contributed by atoms with Gasteiger partial charge in [-0.25, -0.2) is 4.99 Å². The number of carbonyl (C=O) groups excluding carboxylic acids is 2. The van der Waals surface area contributed by atoms with Crippen LogP contribution in [0.25, 0.3) is 0 Å². The average molecular weight is 378 g/mol. The molecule has 0 aromatic heterocycles. The predicted octanol–water partition coefficient (Wildman–Crippen LogP) is 2.06. The van der Waals surface area contributed by atoms with Crippen LogP contribution < -0.4 is 0 Å². The Balaban J connectivity index is 1.74. The maximum absolute atomic E-state index is 13.4. The maximum Gasteiger partial charge on any atom is 0.360 e. The zero-order valence-corrected chi connectivity index (χ0v) is 15.6. The fourth-order valence-corrected chi connectivity index (χ4v) is 4.35. The summed E-state index contributed by atoms with van der Waals surface area (Å²) >= 11 is 0. The van der Waals surface area contributed by atoms with E-state index in [1.807, 2.05) is 30.3 Å². The summed E-state index contributed by atoms with van der Waals surface area (Å²) in [5, 5.41) is 0. The number of aliphatic imine (C=N–C) groups is 1. The minimum Gasteiger partial charge on any atom is -0.419 e. The average Bonchev–Trinajstić information content (AvgIpc) is 2.97. The number of methoxy groups -OCH3 is 1. The van der Waals surface area contributed by atoms with Crippen molar-refractivity contribution in [1.29, 1.82) is 0 Å². The van der Waals surface area contributed by atoms with Crippen molar-refractivity contribution in [1.82, 2.24) is 4.90 Å². The van der Waals surface area contributed by atoms with E-state index in [0.717, 1.165) is 10.5 Å². The molecule has 2 aromatic carbocycles. The van der Waals surface area contributed by atoms with Crippen LogP contribution in [0.4, 0.5) is 0 Å². The van der Waals surface area contributed by atoms with E-state index in [2.05, 4.69) is 0 Å². The van der Waals surface area contributed by atoms with Gasteiger partial charge in [-0.3, -0.25) is 19.2 Å². The summed E-state index contributed by atoms with van der Waals surface area (Å²) in [5.41, 5.74) is -1.12. The van der Waals surface area contributed by atoms with Gasteiger partial charge in [0.15, 0.2) is 5.54 Å². The van der Waals surface area contributed by atoms with Crippen molar-refractivity contribution in [3.8, 4) is 0 Å². The van der Waals surface area contributed by atoms with E-state index in [4.69, 9.17) is 19.2 Å². The van der Waals surface area contributed by atoms with Crippen molar-refractivity contribution in [2.45, 2.75) is 24.0 Å². The van der Waals surface area contributed by atoms with Gasteiger partial charge in [0, 0.05) is 30.8 Å². The molecule has 3 heterocycles. The van der Waals surface area contributed by atoms with Gasteiger partial charge in [-0.1, -0.05) is 36.4 Å². The molecule has 3 aliphatic rings. The largest absolute Gasteiger partial charge is 0.419 e. The number of benzene rings is 2. The molecule has 1 spiro atoms. The Labute approximate surface area is 161 Å². The van der Waals surface area contributed by atoms with E-state index in [-0.39, 0.29) is 5.91 Å². The number of hydrogen-bond donors (Lipinski definition) is 0. The number of rotatable bonds is 2. The van der Waals surface area contributed by atoms with Gasteiger partial charge in [0.05, 0.1) is 0 Å². The van der Waals surface area contributed by atoms with Gasteiger partial charge in [0.2, 0.25) is 11.5 Å². The Bertz CT molecular complexity index is 1050. The van der Waals surface area contributed by atoms with Crippen LogP contribution in [-0.2, 0) is 24.6 Å². The number of nitrogens with zero attached hydrogens (tertiary/aromatic N) is 2. The van der Waals surface area contributed by atoms with Crippen LogP contribution in [0.15, 0.2) is 59.6 Å². The quantitative estimate of drug-likeness (QED) is 0.748. The van der Waals surface area contributed by atoms with E-state index >= 15 is 0 Å². The summed E-state index contributed by atoms with van der Waals surface area (Å²) in [6, 6.07) is 16.3. The van der Waals surface area contributed by atoms with Gasteiger partial charge in [0.25, 0.3) is 11.8 Å². The minimum atomic E-state index is -1.55. The van der Waals surface area contributed by atoms with Crippen LogP contribution in [0.1, 0.15) is 28.4 Å². The predicted molar refractivity (Wildman–Crippen MR) is 98.5 cm³/mol. The first-order chi connectivity index (χ1) is 13.4. The SMILES string of the molecule is CO[C@]12OC(c3ccccc3)=N[C@@]1(C)[C@]1(O2)C(=O)N(C)C(=O)c2ccccc21. The van der Waals surface area contributed by atoms with Crippen molar-refractivity contribution in [2.75, 3.05) is 14.2 Å². The molecule has 5 rings (SSSR count). The molecule has 1 saturated heterocycles. The standard InChI is InChI=1S/C21H18N2O5/c1-19-20(15-12-8-7-11-14(15)17(24)23(2)18(20)25)28-21(19,26-3)27-16(22-19)13-9-5-4-6-10-13/h4-12H,1-3H3/t19-,20+,21-/m0/s1. The van der Waals surface area contributed by atoms with Gasteiger partial charge >= 0.3 is 5.97 Å². The van der Waals surface area contributed by atoms with Crippen LogP contribution in [-0.4, -0.2) is 48.3 Å². The third-order valence-corrected chi connectivity index (χ3v) is 5.86. The highest BCUT2D eigenvalue weighted by molar-refractivity contribution is 6.14. The van der Waals surface area contributed by atoms with Crippen LogP contribution in [0, 0.1) is 0 Å². The van der Waals surface area contributed by atoms with Gasteiger partial charge < -0.3 is 9.47 Å². The van der Waals surface area contributed by atoms with Gasteiger partial charge in [-0.15, -0.1) is 0 Å². The molecule has 28 heavy (non-hydrogen) atoms. The molecule has 2 amide bonds. The molecule has 0 bridgehead atoms. The third kappa shape index (κ3) is 1.69. The molecule has 0 unspecified atom stereocenters. The second kappa shape index (κ2) is 5.27. The van der Waals surface area contributed by atoms with Gasteiger partial charge in [-0.2, -0.15) is 0 Å². The van der Waals surface area contributed by atoms with E-state index in [1.165, 1.54) is 14.2 Å². The smallest absolute Gasteiger partial charge is 0.360 e. The minimum absolute atomic E-state index is 0.326. The third-order valence-electron chi connectivity index (χ3n) is 5.86. The molecule has 7 heteroatoms. The van der Waals surface area contributed by atoms with Crippen LogP contribution >= 0.6 is 0 Å². The number of ether oxygens (including phenoxy) is 3. The Morgan fingerprint density at radius 2 is 1.71 bits per heavy atom. The summed E-state index contributed by atoms with van der Waals surface area (Å²) in [5.74, 6) is -2.10. The lowest BCUT2D eigenvalue weighted by atomic mass is 9.65. The number of amides is 2.